The van der Waals surface area contributed by atoms with Gasteiger partial charge >= 0.3 is 0 Å². The topological polar surface area (TPSA) is 72.0 Å². The van der Waals surface area contributed by atoms with Crippen LogP contribution in [-0.4, -0.2) is 25.5 Å². The van der Waals surface area contributed by atoms with Gasteiger partial charge in [0.1, 0.15) is 0 Å². The zero-order valence-electron chi connectivity index (χ0n) is 12.1. The summed E-state index contributed by atoms with van der Waals surface area (Å²) in [5.41, 5.74) is 4.18. The number of ether oxygens (including phenoxy) is 2. The summed E-state index contributed by atoms with van der Waals surface area (Å²) in [7, 11) is 0. The molecule has 0 saturated heterocycles. The van der Waals surface area contributed by atoms with Crippen molar-refractivity contribution in [3.05, 3.63) is 51.6 Å². The minimum absolute atomic E-state index is 0.152. The summed E-state index contributed by atoms with van der Waals surface area (Å²) in [6, 6.07) is 13.2. The van der Waals surface area contributed by atoms with Gasteiger partial charge in [0.25, 0.3) is 5.91 Å². The Morgan fingerprint density at radius 3 is 2.78 bits per heavy atom. The van der Waals surface area contributed by atoms with Crippen LogP contribution in [0, 0.1) is 3.57 Å². The molecule has 2 aromatic carbocycles. The highest BCUT2D eigenvalue weighted by molar-refractivity contribution is 14.1. The molecule has 0 spiro atoms. The molecule has 23 heavy (non-hydrogen) atoms. The molecule has 118 valence electrons. The number of carbonyl (C=O) groups excluding carboxylic acids is 1. The van der Waals surface area contributed by atoms with Gasteiger partial charge in [-0.3, -0.25) is 4.79 Å². The first-order valence-electron chi connectivity index (χ1n) is 6.92. The van der Waals surface area contributed by atoms with E-state index in [1.54, 1.807) is 6.21 Å². The van der Waals surface area contributed by atoms with Crippen LogP contribution in [0.3, 0.4) is 0 Å². The number of carbonyl (C=O) groups is 1. The largest absolute Gasteiger partial charge is 0.454 e. The van der Waals surface area contributed by atoms with Gasteiger partial charge in [-0.1, -0.05) is 0 Å². The summed E-state index contributed by atoms with van der Waals surface area (Å²) in [5, 5.41) is 6.96. The lowest BCUT2D eigenvalue weighted by Gasteiger charge is -2.05. The molecule has 3 rings (SSSR count). The highest BCUT2D eigenvalue weighted by Gasteiger charge is 2.12. The fourth-order valence-corrected chi connectivity index (χ4v) is 2.32. The lowest BCUT2D eigenvalue weighted by atomic mass is 10.2. The number of fused-ring (bicyclic) bond motifs is 1. The smallest absolute Gasteiger partial charge is 0.259 e. The van der Waals surface area contributed by atoms with E-state index < -0.39 is 0 Å². The fraction of sp³-hybridized carbons (Fsp3) is 0.125. The van der Waals surface area contributed by atoms with Gasteiger partial charge in [-0.15, -0.1) is 0 Å². The first-order chi connectivity index (χ1) is 11.2. The number of nitrogens with zero attached hydrogens (tertiary/aromatic N) is 1. The summed E-state index contributed by atoms with van der Waals surface area (Å²) in [6.07, 6.45) is 1.56. The van der Waals surface area contributed by atoms with Gasteiger partial charge in [0, 0.05) is 9.26 Å². The van der Waals surface area contributed by atoms with E-state index in [9.17, 15) is 4.79 Å². The number of anilines is 1. The highest BCUT2D eigenvalue weighted by atomic mass is 127. The Labute approximate surface area is 147 Å². The van der Waals surface area contributed by atoms with Crippen molar-refractivity contribution in [1.82, 2.24) is 5.43 Å². The van der Waals surface area contributed by atoms with Crippen LogP contribution in [0.25, 0.3) is 0 Å². The summed E-state index contributed by atoms with van der Waals surface area (Å²) in [5.74, 6) is 1.18. The van der Waals surface area contributed by atoms with Gasteiger partial charge in [0.05, 0.1) is 12.8 Å². The van der Waals surface area contributed by atoms with Gasteiger partial charge in [-0.2, -0.15) is 5.10 Å². The maximum Gasteiger partial charge on any atom is 0.259 e. The first kappa shape index (κ1) is 15.6. The summed E-state index contributed by atoms with van der Waals surface area (Å²) >= 11 is 2.23. The number of nitrogens with one attached hydrogen (secondary N) is 2. The van der Waals surface area contributed by atoms with Crippen LogP contribution in [0.5, 0.6) is 11.5 Å². The average molecular weight is 423 g/mol. The zero-order chi connectivity index (χ0) is 16.1. The number of rotatable bonds is 5. The van der Waals surface area contributed by atoms with Crippen molar-refractivity contribution >= 4 is 40.4 Å². The summed E-state index contributed by atoms with van der Waals surface area (Å²) in [4.78, 5) is 11.7. The van der Waals surface area contributed by atoms with Crippen molar-refractivity contribution in [1.29, 1.82) is 0 Å². The molecule has 0 unspecified atom stereocenters. The Kier molecular flexibility index (Phi) is 4.96. The molecule has 0 bridgehead atoms. The van der Waals surface area contributed by atoms with Crippen LogP contribution in [0.15, 0.2) is 47.6 Å². The van der Waals surface area contributed by atoms with Crippen LogP contribution in [0.2, 0.25) is 0 Å². The minimum Gasteiger partial charge on any atom is -0.454 e. The van der Waals surface area contributed by atoms with Crippen molar-refractivity contribution in [3.8, 4) is 11.5 Å². The van der Waals surface area contributed by atoms with E-state index in [0.717, 1.165) is 14.8 Å². The summed E-state index contributed by atoms with van der Waals surface area (Å²) < 4.78 is 11.7. The Balaban J connectivity index is 1.47. The maximum absolute atomic E-state index is 11.7. The summed E-state index contributed by atoms with van der Waals surface area (Å²) in [6.45, 7) is 0.385. The van der Waals surface area contributed by atoms with Gasteiger partial charge in [0.2, 0.25) is 6.79 Å². The van der Waals surface area contributed by atoms with Crippen molar-refractivity contribution < 1.29 is 14.3 Å². The molecule has 0 radical (unpaired) electrons. The maximum atomic E-state index is 11.7. The Hall–Kier alpha value is -2.29. The van der Waals surface area contributed by atoms with Crippen molar-refractivity contribution in [2.75, 3.05) is 18.7 Å². The van der Waals surface area contributed by atoms with Crippen molar-refractivity contribution in [3.63, 3.8) is 0 Å². The van der Waals surface area contributed by atoms with E-state index in [1.807, 2.05) is 42.5 Å². The van der Waals surface area contributed by atoms with Crippen LogP contribution in [0.4, 0.5) is 5.69 Å². The third-order valence-corrected chi connectivity index (χ3v) is 3.82. The van der Waals surface area contributed by atoms with Gasteiger partial charge < -0.3 is 14.8 Å². The molecule has 1 aliphatic rings. The average Bonchev–Trinajstić information content (AvgIpc) is 3.02. The van der Waals surface area contributed by atoms with E-state index >= 15 is 0 Å². The lowest BCUT2D eigenvalue weighted by Crippen LogP contribution is -2.25. The quantitative estimate of drug-likeness (QED) is 0.441. The third-order valence-electron chi connectivity index (χ3n) is 3.10. The molecule has 6 nitrogen and oxygen atoms in total. The van der Waals surface area contributed by atoms with Crippen LogP contribution in [0.1, 0.15) is 5.56 Å². The van der Waals surface area contributed by atoms with Gasteiger partial charge in [0.15, 0.2) is 11.5 Å². The molecular weight excluding hydrogens is 409 g/mol. The number of hydrogen-bond donors (Lipinski definition) is 2. The monoisotopic (exact) mass is 423 g/mol. The second-order valence-electron chi connectivity index (χ2n) is 4.77. The van der Waals surface area contributed by atoms with Crippen LogP contribution in [-0.2, 0) is 4.79 Å². The number of hydrazone groups is 1. The Morgan fingerprint density at radius 1 is 1.17 bits per heavy atom. The molecular formula is C16H14IN3O3. The number of hydrogen-bond acceptors (Lipinski definition) is 5. The van der Waals surface area contributed by atoms with Crippen molar-refractivity contribution in [2.24, 2.45) is 5.10 Å². The number of halogens is 1. The Bertz CT molecular complexity index is 732. The fourth-order valence-electron chi connectivity index (χ4n) is 1.96. The zero-order valence-corrected chi connectivity index (χ0v) is 14.2. The van der Waals surface area contributed by atoms with E-state index in [2.05, 4.69) is 38.4 Å². The van der Waals surface area contributed by atoms with E-state index in [1.165, 1.54) is 0 Å². The van der Waals surface area contributed by atoms with Gasteiger partial charge in [-0.25, -0.2) is 5.43 Å². The molecule has 1 heterocycles. The predicted octanol–water partition coefficient (Wildman–Crippen LogP) is 2.58. The van der Waals surface area contributed by atoms with E-state index in [4.69, 9.17) is 9.47 Å². The predicted molar refractivity (Wildman–Crippen MR) is 96.0 cm³/mol. The first-order valence-corrected chi connectivity index (χ1v) is 7.99. The normalized spacial score (nSPS) is 12.4. The highest BCUT2D eigenvalue weighted by Crippen LogP contribution is 2.31. The standard InChI is InChI=1S/C16H14IN3O3/c17-12-2-4-13(5-3-12)18-9-16(21)20-19-8-11-1-6-14-15(7-11)23-10-22-14/h1-8,18H,9-10H2,(H,20,21). The second-order valence-corrected chi connectivity index (χ2v) is 6.01. The molecule has 0 aromatic heterocycles. The van der Waals surface area contributed by atoms with Crippen LogP contribution < -0.4 is 20.2 Å². The minimum atomic E-state index is -0.222. The molecule has 1 aliphatic heterocycles. The number of amides is 1. The molecule has 7 heteroatoms. The molecule has 0 aliphatic carbocycles. The third kappa shape index (κ3) is 4.35. The molecule has 2 aromatic rings. The van der Waals surface area contributed by atoms with Gasteiger partial charge in [-0.05, 0) is 70.6 Å². The SMILES string of the molecule is O=C(CNc1ccc(I)cc1)NN=Cc1ccc2c(c1)OCO2. The number of benzene rings is 2. The van der Waals surface area contributed by atoms with E-state index in [-0.39, 0.29) is 19.2 Å². The lowest BCUT2D eigenvalue weighted by molar-refractivity contribution is -0.119. The Morgan fingerprint density at radius 2 is 1.96 bits per heavy atom. The van der Waals surface area contributed by atoms with Crippen LogP contribution >= 0.6 is 22.6 Å². The second kappa shape index (κ2) is 7.32. The molecule has 2 N–H and O–H groups in total. The molecule has 0 fully saturated rings. The van der Waals surface area contributed by atoms with Crippen molar-refractivity contribution in [2.45, 2.75) is 0 Å². The molecule has 0 saturated carbocycles. The molecule has 0 atom stereocenters. The molecule has 1 amide bonds. The van der Waals surface area contributed by atoms with E-state index in [0.29, 0.717) is 11.5 Å².